The van der Waals surface area contributed by atoms with E-state index in [1.807, 2.05) is 35.2 Å². The Kier molecular flexibility index (Phi) is 5.23. The van der Waals surface area contributed by atoms with Crippen molar-refractivity contribution in [3.05, 3.63) is 70.8 Å². The van der Waals surface area contributed by atoms with Gasteiger partial charge in [-0.2, -0.15) is 0 Å². The lowest BCUT2D eigenvalue weighted by atomic mass is 9.97. The summed E-state index contributed by atoms with van der Waals surface area (Å²) in [5.74, 6) is -1.05. The molecule has 1 saturated heterocycles. The molecule has 2 aromatic rings. The fourth-order valence-electron chi connectivity index (χ4n) is 3.26. The first-order valence-electron chi connectivity index (χ1n) is 8.06. The molecule has 3 rings (SSSR count). The first kappa shape index (κ1) is 17.0. The fraction of sp³-hybridized carbons (Fsp3) is 0.368. The van der Waals surface area contributed by atoms with E-state index in [-0.39, 0.29) is 24.8 Å². The van der Waals surface area contributed by atoms with Crippen LogP contribution in [0.2, 0.25) is 0 Å². The Hall–Kier alpha value is -1.82. The zero-order chi connectivity index (χ0) is 17.1. The first-order valence-corrected chi connectivity index (χ1v) is 8.06. The summed E-state index contributed by atoms with van der Waals surface area (Å²) in [6.07, 6.45) is -0.419. The van der Waals surface area contributed by atoms with Gasteiger partial charge in [-0.25, -0.2) is 8.78 Å². The quantitative estimate of drug-likeness (QED) is 0.933. The number of hydrogen-bond acceptors (Lipinski definition) is 3. The Labute approximate surface area is 140 Å². The maximum Gasteiger partial charge on any atom is 0.133 e. The molecule has 1 N–H and O–H groups in total. The number of ether oxygens (including phenoxy) is 1. The van der Waals surface area contributed by atoms with E-state index in [4.69, 9.17) is 4.74 Å². The molecule has 0 spiro atoms. The van der Waals surface area contributed by atoms with Crippen LogP contribution in [0.3, 0.4) is 0 Å². The summed E-state index contributed by atoms with van der Waals surface area (Å²) in [6, 6.07) is 12.1. The van der Waals surface area contributed by atoms with Crippen molar-refractivity contribution in [1.82, 2.24) is 4.90 Å². The highest BCUT2D eigenvalue weighted by Crippen LogP contribution is 2.32. The lowest BCUT2D eigenvalue weighted by Crippen LogP contribution is -2.46. The second kappa shape index (κ2) is 7.38. The van der Waals surface area contributed by atoms with Crippen LogP contribution in [0.25, 0.3) is 0 Å². The van der Waals surface area contributed by atoms with Crippen molar-refractivity contribution in [3.63, 3.8) is 0 Å². The van der Waals surface area contributed by atoms with Crippen molar-refractivity contribution < 1.29 is 18.6 Å². The highest BCUT2D eigenvalue weighted by molar-refractivity contribution is 5.28. The van der Waals surface area contributed by atoms with Crippen molar-refractivity contribution in [2.75, 3.05) is 19.8 Å². The summed E-state index contributed by atoms with van der Waals surface area (Å²) in [5, 5.41) is 9.66. The van der Waals surface area contributed by atoms with Crippen LogP contribution in [0.4, 0.5) is 8.78 Å². The zero-order valence-electron chi connectivity index (χ0n) is 13.6. The molecule has 0 bridgehead atoms. The molecular weight excluding hydrogens is 312 g/mol. The summed E-state index contributed by atoms with van der Waals surface area (Å²) in [5.41, 5.74) is 1.45. The predicted octanol–water partition coefficient (Wildman–Crippen LogP) is 3.21. The number of rotatable bonds is 4. The number of halogens is 2. The molecule has 0 amide bonds. The van der Waals surface area contributed by atoms with E-state index in [0.717, 1.165) is 5.56 Å². The zero-order valence-corrected chi connectivity index (χ0v) is 13.6. The van der Waals surface area contributed by atoms with Gasteiger partial charge in [-0.3, -0.25) is 4.90 Å². The average Bonchev–Trinajstić information content (AvgIpc) is 2.62. The van der Waals surface area contributed by atoms with Gasteiger partial charge in [-0.1, -0.05) is 36.4 Å². The Morgan fingerprint density at radius 3 is 2.62 bits per heavy atom. The summed E-state index contributed by atoms with van der Waals surface area (Å²) >= 11 is 0. The highest BCUT2D eigenvalue weighted by Gasteiger charge is 2.34. The van der Waals surface area contributed by atoms with Gasteiger partial charge in [0.05, 0.1) is 19.3 Å². The normalized spacial score (nSPS) is 21.8. The van der Waals surface area contributed by atoms with E-state index in [0.29, 0.717) is 18.7 Å². The molecule has 1 aliphatic rings. The Bertz CT molecular complexity index is 693. The molecule has 3 nitrogen and oxygen atoms in total. The minimum absolute atomic E-state index is 0.0644. The van der Waals surface area contributed by atoms with E-state index in [9.17, 15) is 13.9 Å². The predicted molar refractivity (Wildman–Crippen MR) is 87.5 cm³/mol. The number of nitrogens with zero attached hydrogens (tertiary/aromatic N) is 1. The maximum absolute atomic E-state index is 14.4. The van der Waals surface area contributed by atoms with Gasteiger partial charge in [0, 0.05) is 18.7 Å². The van der Waals surface area contributed by atoms with Crippen molar-refractivity contribution in [2.24, 2.45) is 0 Å². The third-order valence-corrected chi connectivity index (χ3v) is 4.52. The summed E-state index contributed by atoms with van der Waals surface area (Å²) in [6.45, 7) is 2.59. The largest absolute Gasteiger partial charge is 0.394 e. The molecule has 5 heteroatoms. The van der Waals surface area contributed by atoms with Gasteiger partial charge >= 0.3 is 0 Å². The number of aryl methyl sites for hydroxylation is 1. The van der Waals surface area contributed by atoms with E-state index in [1.165, 1.54) is 12.1 Å². The van der Waals surface area contributed by atoms with Crippen molar-refractivity contribution in [1.29, 1.82) is 0 Å². The van der Waals surface area contributed by atoms with Gasteiger partial charge in [0.25, 0.3) is 0 Å². The topological polar surface area (TPSA) is 32.7 Å². The van der Waals surface area contributed by atoms with Crippen molar-refractivity contribution in [3.8, 4) is 0 Å². The molecule has 0 aliphatic carbocycles. The van der Waals surface area contributed by atoms with Crippen LogP contribution in [-0.2, 0) is 11.3 Å². The molecular formula is C19H21F2NO2. The number of benzene rings is 2. The van der Waals surface area contributed by atoms with Gasteiger partial charge < -0.3 is 9.84 Å². The molecule has 0 radical (unpaired) electrons. The van der Waals surface area contributed by atoms with Crippen LogP contribution in [0, 0.1) is 18.6 Å². The number of morpholine rings is 1. The molecule has 1 aliphatic heterocycles. The minimum Gasteiger partial charge on any atom is -0.394 e. The summed E-state index contributed by atoms with van der Waals surface area (Å²) < 4.78 is 34.2. The van der Waals surface area contributed by atoms with Gasteiger partial charge in [-0.15, -0.1) is 0 Å². The molecule has 0 unspecified atom stereocenters. The number of aliphatic hydroxyl groups excluding tert-OH is 1. The Morgan fingerprint density at radius 2 is 1.92 bits per heavy atom. The monoisotopic (exact) mass is 333 g/mol. The first-order chi connectivity index (χ1) is 11.6. The van der Waals surface area contributed by atoms with Crippen LogP contribution in [0.5, 0.6) is 0 Å². The molecule has 24 heavy (non-hydrogen) atoms. The standard InChI is InChI=1S/C19H21F2NO2/c1-13-7-8-16(20)15(18(13)21)11-22-9-10-24-17(12-23)19(22)14-5-3-2-4-6-14/h2-8,17,19,23H,9-12H2,1H3/t17-,19-/m1/s1. The van der Waals surface area contributed by atoms with Gasteiger partial charge in [0.15, 0.2) is 0 Å². The van der Waals surface area contributed by atoms with E-state index in [1.54, 1.807) is 6.92 Å². The van der Waals surface area contributed by atoms with Crippen LogP contribution in [-0.4, -0.2) is 35.9 Å². The molecule has 1 fully saturated rings. The number of hydrogen-bond donors (Lipinski definition) is 1. The highest BCUT2D eigenvalue weighted by atomic mass is 19.1. The SMILES string of the molecule is Cc1ccc(F)c(CN2CCO[C@H](CO)[C@H]2c2ccccc2)c1F. The average molecular weight is 333 g/mol. The van der Waals surface area contributed by atoms with Crippen LogP contribution >= 0.6 is 0 Å². The minimum atomic E-state index is -0.544. The van der Waals surface area contributed by atoms with Gasteiger partial charge in [0.2, 0.25) is 0 Å². The Morgan fingerprint density at radius 1 is 1.17 bits per heavy atom. The van der Waals surface area contributed by atoms with E-state index >= 15 is 0 Å². The van der Waals surface area contributed by atoms with Crippen LogP contribution in [0.15, 0.2) is 42.5 Å². The second-order valence-electron chi connectivity index (χ2n) is 6.07. The van der Waals surface area contributed by atoms with Gasteiger partial charge in [-0.05, 0) is 24.1 Å². The molecule has 1 heterocycles. The fourth-order valence-corrected chi connectivity index (χ4v) is 3.26. The lowest BCUT2D eigenvalue weighted by Gasteiger charge is -2.41. The summed E-state index contributed by atoms with van der Waals surface area (Å²) in [7, 11) is 0. The maximum atomic E-state index is 14.4. The van der Waals surface area contributed by atoms with Gasteiger partial charge in [0.1, 0.15) is 17.7 Å². The van der Waals surface area contributed by atoms with E-state index in [2.05, 4.69) is 0 Å². The number of aliphatic hydroxyl groups is 1. The molecule has 0 saturated carbocycles. The third kappa shape index (κ3) is 3.34. The molecule has 128 valence electrons. The van der Waals surface area contributed by atoms with Crippen LogP contribution < -0.4 is 0 Å². The van der Waals surface area contributed by atoms with Crippen LogP contribution in [0.1, 0.15) is 22.7 Å². The van der Waals surface area contributed by atoms with E-state index < -0.39 is 17.7 Å². The summed E-state index contributed by atoms with van der Waals surface area (Å²) in [4.78, 5) is 1.97. The van der Waals surface area contributed by atoms with Crippen molar-refractivity contribution in [2.45, 2.75) is 25.6 Å². The molecule has 2 atom stereocenters. The molecule has 2 aromatic carbocycles. The second-order valence-corrected chi connectivity index (χ2v) is 6.07. The smallest absolute Gasteiger partial charge is 0.133 e. The van der Waals surface area contributed by atoms with Crippen molar-refractivity contribution >= 4 is 0 Å². The Balaban J connectivity index is 1.94. The lowest BCUT2D eigenvalue weighted by molar-refractivity contribution is -0.0965. The third-order valence-electron chi connectivity index (χ3n) is 4.52. The molecule has 0 aromatic heterocycles.